The number of benzene rings is 3. The van der Waals surface area contributed by atoms with E-state index < -0.39 is 11.8 Å². The molecule has 176 valence electrons. The third-order valence-corrected chi connectivity index (χ3v) is 6.80. The maximum Gasteiger partial charge on any atom is 0.283 e. The fraction of sp³-hybridized carbons (Fsp3) is 0.179. The Morgan fingerprint density at radius 1 is 0.914 bits per heavy atom. The van der Waals surface area contributed by atoms with Gasteiger partial charge in [-0.3, -0.25) is 14.4 Å². The molecule has 1 N–H and O–H groups in total. The lowest BCUT2D eigenvalue weighted by atomic mass is 9.99. The van der Waals surface area contributed by atoms with Crippen LogP contribution in [0.1, 0.15) is 34.0 Å². The molecule has 0 atom stereocenters. The predicted octanol–water partition coefficient (Wildman–Crippen LogP) is 4.88. The van der Waals surface area contributed by atoms with Crippen LogP contribution in [-0.2, 0) is 29.0 Å². The van der Waals surface area contributed by atoms with Gasteiger partial charge in [0.25, 0.3) is 17.7 Å². The second-order valence-electron chi connectivity index (χ2n) is 8.60. The summed E-state index contributed by atoms with van der Waals surface area (Å²) >= 11 is 6.25. The number of halogens is 1. The van der Waals surface area contributed by atoms with Crippen molar-refractivity contribution in [1.82, 2.24) is 4.90 Å². The highest BCUT2D eigenvalue weighted by atomic mass is 35.5. The summed E-state index contributed by atoms with van der Waals surface area (Å²) in [4.78, 5) is 41.6. The second-order valence-corrected chi connectivity index (χ2v) is 8.98. The van der Waals surface area contributed by atoms with Crippen LogP contribution < -0.4 is 10.2 Å². The van der Waals surface area contributed by atoms with Crippen LogP contribution in [0.15, 0.2) is 83.5 Å². The molecule has 2 aliphatic rings. The van der Waals surface area contributed by atoms with Crippen molar-refractivity contribution in [3.05, 3.63) is 106 Å². The van der Waals surface area contributed by atoms with Gasteiger partial charge in [0.1, 0.15) is 10.7 Å². The lowest BCUT2D eigenvalue weighted by molar-refractivity contribution is -0.120. The zero-order chi connectivity index (χ0) is 24.5. The second kappa shape index (κ2) is 9.39. The topological polar surface area (TPSA) is 69.7 Å². The van der Waals surface area contributed by atoms with Gasteiger partial charge in [0.2, 0.25) is 0 Å². The first-order valence-corrected chi connectivity index (χ1v) is 11.9. The molecule has 3 aromatic carbocycles. The Balaban J connectivity index is 1.29. The number of fused-ring (bicyclic) bond motifs is 1. The smallest absolute Gasteiger partial charge is 0.283 e. The number of nitrogens with zero attached hydrogens (tertiary/aromatic N) is 2. The van der Waals surface area contributed by atoms with E-state index in [2.05, 4.69) is 17.4 Å². The van der Waals surface area contributed by atoms with Crippen molar-refractivity contribution in [2.45, 2.75) is 26.3 Å². The Bertz CT molecular complexity index is 1350. The minimum atomic E-state index is -0.569. The molecule has 0 aliphatic carbocycles. The quantitative estimate of drug-likeness (QED) is 0.523. The Morgan fingerprint density at radius 3 is 2.29 bits per heavy atom. The van der Waals surface area contributed by atoms with Gasteiger partial charge in [0, 0.05) is 24.3 Å². The van der Waals surface area contributed by atoms with E-state index in [0.29, 0.717) is 30.0 Å². The largest absolute Gasteiger partial charge is 0.350 e. The summed E-state index contributed by atoms with van der Waals surface area (Å²) in [6, 6.07) is 22.2. The van der Waals surface area contributed by atoms with E-state index >= 15 is 0 Å². The highest BCUT2D eigenvalue weighted by Crippen LogP contribution is 2.30. The molecule has 0 radical (unpaired) electrons. The van der Waals surface area contributed by atoms with Crippen LogP contribution in [0.5, 0.6) is 0 Å². The third kappa shape index (κ3) is 4.33. The van der Waals surface area contributed by atoms with E-state index in [1.807, 2.05) is 36.1 Å². The molecule has 0 spiro atoms. The molecule has 0 fully saturated rings. The lowest BCUT2D eigenvalue weighted by Gasteiger charge is -2.29. The predicted molar refractivity (Wildman–Crippen MR) is 136 cm³/mol. The average molecular weight is 486 g/mol. The zero-order valence-electron chi connectivity index (χ0n) is 19.3. The van der Waals surface area contributed by atoms with Gasteiger partial charge in [-0.05, 0) is 65.9 Å². The number of hydrogen-bond acceptors (Lipinski definition) is 4. The first-order valence-electron chi connectivity index (χ1n) is 11.6. The molecule has 0 bridgehead atoms. The molecule has 0 aromatic heterocycles. The standard InChI is InChI=1S/C28H24ClN3O3/c1-2-18-7-13-23(14-8-18)32-27(34)24(29)25(28(32)35)30-22-11-9-20(10-12-22)26(33)31-16-15-19-5-3-4-6-21(19)17-31/h3-14,30H,2,15-17H2,1H3. The van der Waals surface area contributed by atoms with Crippen molar-refractivity contribution >= 4 is 40.7 Å². The number of nitrogens with one attached hydrogen (secondary N) is 1. The van der Waals surface area contributed by atoms with Crippen molar-refractivity contribution in [2.24, 2.45) is 0 Å². The van der Waals surface area contributed by atoms with Crippen LogP contribution in [0.4, 0.5) is 11.4 Å². The first-order chi connectivity index (χ1) is 17.0. The normalized spacial score (nSPS) is 15.5. The number of hydrogen-bond donors (Lipinski definition) is 1. The fourth-order valence-corrected chi connectivity index (χ4v) is 4.63. The maximum atomic E-state index is 13.0. The van der Waals surface area contributed by atoms with Crippen LogP contribution in [0, 0.1) is 0 Å². The van der Waals surface area contributed by atoms with Crippen molar-refractivity contribution in [3.63, 3.8) is 0 Å². The van der Waals surface area contributed by atoms with E-state index in [1.165, 1.54) is 11.1 Å². The van der Waals surface area contributed by atoms with Crippen LogP contribution in [0.3, 0.4) is 0 Å². The van der Waals surface area contributed by atoms with Gasteiger partial charge < -0.3 is 10.2 Å². The molecule has 7 heteroatoms. The number of carbonyl (C=O) groups is 3. The molecule has 0 saturated heterocycles. The molecule has 3 amide bonds. The molecule has 6 nitrogen and oxygen atoms in total. The molecule has 0 unspecified atom stereocenters. The van der Waals surface area contributed by atoms with Crippen molar-refractivity contribution in [1.29, 1.82) is 0 Å². The van der Waals surface area contributed by atoms with Crippen LogP contribution in [0.25, 0.3) is 0 Å². The van der Waals surface area contributed by atoms with Gasteiger partial charge in [-0.1, -0.05) is 54.9 Å². The number of rotatable bonds is 5. The molecular formula is C28H24ClN3O3. The molecule has 3 aromatic rings. The highest BCUT2D eigenvalue weighted by molar-refractivity contribution is 6.53. The first kappa shape index (κ1) is 22.9. The lowest BCUT2D eigenvalue weighted by Crippen LogP contribution is -2.35. The van der Waals surface area contributed by atoms with Gasteiger partial charge in [-0.15, -0.1) is 0 Å². The summed E-state index contributed by atoms with van der Waals surface area (Å²) < 4.78 is 0. The SMILES string of the molecule is CCc1ccc(N2C(=O)C(Cl)=C(Nc3ccc(C(=O)N4CCc5ccccc5C4)cc3)C2=O)cc1. The van der Waals surface area contributed by atoms with E-state index in [0.717, 1.165) is 23.3 Å². The van der Waals surface area contributed by atoms with Gasteiger partial charge in [-0.25, -0.2) is 4.90 Å². The summed E-state index contributed by atoms with van der Waals surface area (Å²) in [5.74, 6) is -1.13. The monoisotopic (exact) mass is 485 g/mol. The molecule has 35 heavy (non-hydrogen) atoms. The average Bonchev–Trinajstić information content (AvgIpc) is 3.11. The fourth-order valence-electron chi connectivity index (χ4n) is 4.42. The third-order valence-electron chi connectivity index (χ3n) is 6.45. The number of anilines is 2. The molecule has 2 aliphatic heterocycles. The van der Waals surface area contributed by atoms with Crippen molar-refractivity contribution in [3.8, 4) is 0 Å². The molecule has 0 saturated carbocycles. The van der Waals surface area contributed by atoms with Gasteiger partial charge >= 0.3 is 0 Å². The molecular weight excluding hydrogens is 462 g/mol. The Labute approximate surface area is 208 Å². The van der Waals surface area contributed by atoms with Gasteiger partial charge in [-0.2, -0.15) is 0 Å². The number of aryl methyl sites for hydroxylation is 1. The molecule has 2 heterocycles. The van der Waals surface area contributed by atoms with Crippen LogP contribution in [-0.4, -0.2) is 29.2 Å². The van der Waals surface area contributed by atoms with Crippen molar-refractivity contribution in [2.75, 3.05) is 16.8 Å². The summed E-state index contributed by atoms with van der Waals surface area (Å²) in [6.45, 7) is 3.29. The Hall–Kier alpha value is -3.90. The number of imide groups is 1. The summed E-state index contributed by atoms with van der Waals surface area (Å²) in [5, 5.41) is 2.80. The number of carbonyl (C=O) groups excluding carboxylic acids is 3. The van der Waals surface area contributed by atoms with Gasteiger partial charge in [0.05, 0.1) is 5.69 Å². The van der Waals surface area contributed by atoms with E-state index in [1.54, 1.807) is 36.4 Å². The van der Waals surface area contributed by atoms with Crippen LogP contribution in [0.2, 0.25) is 0 Å². The van der Waals surface area contributed by atoms with E-state index in [-0.39, 0.29) is 16.6 Å². The highest BCUT2D eigenvalue weighted by Gasteiger charge is 2.39. The van der Waals surface area contributed by atoms with E-state index in [4.69, 9.17) is 11.6 Å². The van der Waals surface area contributed by atoms with Gasteiger partial charge in [0.15, 0.2) is 0 Å². The minimum absolute atomic E-state index is 0.0166. The minimum Gasteiger partial charge on any atom is -0.350 e. The summed E-state index contributed by atoms with van der Waals surface area (Å²) in [6.07, 6.45) is 1.69. The zero-order valence-corrected chi connectivity index (χ0v) is 20.0. The maximum absolute atomic E-state index is 13.0. The van der Waals surface area contributed by atoms with Crippen LogP contribution >= 0.6 is 11.6 Å². The Kier molecular flexibility index (Phi) is 6.14. The van der Waals surface area contributed by atoms with E-state index in [9.17, 15) is 14.4 Å². The summed E-state index contributed by atoms with van der Waals surface area (Å²) in [5.41, 5.74) is 5.16. The molecule has 5 rings (SSSR count). The van der Waals surface area contributed by atoms with Crippen molar-refractivity contribution < 1.29 is 14.4 Å². The Morgan fingerprint density at radius 2 is 1.60 bits per heavy atom. The number of amides is 3. The summed E-state index contributed by atoms with van der Waals surface area (Å²) in [7, 11) is 0.